The zero-order valence-electron chi connectivity index (χ0n) is 10.8. The van der Waals surface area contributed by atoms with E-state index in [1.54, 1.807) is 12.1 Å². The first-order valence-electron chi connectivity index (χ1n) is 6.07. The number of nitrogen functional groups attached to an aromatic ring is 1. The second kappa shape index (κ2) is 5.91. The molecule has 0 heterocycles. The van der Waals surface area contributed by atoms with Crippen LogP contribution in [0.4, 0.5) is 17.1 Å². The molecule has 0 saturated heterocycles. The van der Waals surface area contributed by atoms with Crippen molar-refractivity contribution in [3.8, 4) is 0 Å². The monoisotopic (exact) mass is 255 g/mol. The predicted molar refractivity (Wildman–Crippen MR) is 79.2 cm³/mol. The number of anilines is 3. The number of nitrogens with two attached hydrogens (primary N) is 1. The molecule has 0 radical (unpaired) electrons. The van der Waals surface area contributed by atoms with Crippen molar-refractivity contribution in [2.45, 2.75) is 0 Å². The van der Waals surface area contributed by atoms with Gasteiger partial charge < -0.3 is 16.0 Å². The fourth-order valence-electron chi connectivity index (χ4n) is 1.81. The molecule has 1 amide bonds. The molecule has 0 aliphatic rings. The van der Waals surface area contributed by atoms with Crippen molar-refractivity contribution >= 4 is 23.0 Å². The maximum absolute atomic E-state index is 11.9. The number of nitrogens with zero attached hydrogens (tertiary/aromatic N) is 1. The Morgan fingerprint density at radius 2 is 1.89 bits per heavy atom. The highest BCUT2D eigenvalue weighted by atomic mass is 16.2. The SMILES string of the molecule is CN(CC(=O)Nc1cccc(N)c1)c1ccccc1. The molecule has 2 aromatic rings. The van der Waals surface area contributed by atoms with E-state index in [2.05, 4.69) is 5.32 Å². The normalized spacial score (nSPS) is 9.95. The summed E-state index contributed by atoms with van der Waals surface area (Å²) in [5, 5.41) is 2.82. The molecule has 4 nitrogen and oxygen atoms in total. The van der Waals surface area contributed by atoms with E-state index in [1.165, 1.54) is 0 Å². The minimum Gasteiger partial charge on any atom is -0.399 e. The minimum absolute atomic E-state index is 0.0723. The third-order valence-electron chi connectivity index (χ3n) is 2.75. The molecule has 98 valence electrons. The molecule has 0 fully saturated rings. The van der Waals surface area contributed by atoms with E-state index in [0.29, 0.717) is 17.9 Å². The van der Waals surface area contributed by atoms with Crippen LogP contribution in [-0.4, -0.2) is 19.5 Å². The van der Waals surface area contributed by atoms with Gasteiger partial charge in [0.15, 0.2) is 0 Å². The highest BCUT2D eigenvalue weighted by Gasteiger charge is 2.07. The van der Waals surface area contributed by atoms with Crippen molar-refractivity contribution < 1.29 is 4.79 Å². The number of hydrogen-bond acceptors (Lipinski definition) is 3. The van der Waals surface area contributed by atoms with Crippen molar-refractivity contribution in [1.82, 2.24) is 0 Å². The van der Waals surface area contributed by atoms with E-state index in [1.807, 2.05) is 54.4 Å². The highest BCUT2D eigenvalue weighted by molar-refractivity contribution is 5.94. The molecular weight excluding hydrogens is 238 g/mol. The predicted octanol–water partition coefficient (Wildman–Crippen LogP) is 2.34. The molecule has 0 bridgehead atoms. The summed E-state index contributed by atoms with van der Waals surface area (Å²) in [5.41, 5.74) is 8.02. The number of nitrogens with one attached hydrogen (secondary N) is 1. The molecular formula is C15H17N3O. The molecule has 2 rings (SSSR count). The first-order chi connectivity index (χ1) is 9.15. The lowest BCUT2D eigenvalue weighted by Gasteiger charge is -2.18. The van der Waals surface area contributed by atoms with E-state index in [0.717, 1.165) is 5.69 Å². The Morgan fingerprint density at radius 3 is 2.58 bits per heavy atom. The van der Waals surface area contributed by atoms with Gasteiger partial charge in [0.2, 0.25) is 5.91 Å². The number of carbonyl (C=O) groups is 1. The summed E-state index contributed by atoms with van der Waals surface area (Å²) in [6.07, 6.45) is 0. The van der Waals surface area contributed by atoms with Gasteiger partial charge in [-0.15, -0.1) is 0 Å². The van der Waals surface area contributed by atoms with Gasteiger partial charge in [0.05, 0.1) is 6.54 Å². The number of carbonyl (C=O) groups excluding carboxylic acids is 1. The molecule has 3 N–H and O–H groups in total. The average molecular weight is 255 g/mol. The van der Waals surface area contributed by atoms with Crippen LogP contribution in [0.5, 0.6) is 0 Å². The molecule has 0 spiro atoms. The lowest BCUT2D eigenvalue weighted by Crippen LogP contribution is -2.29. The standard InChI is InChI=1S/C15H17N3O/c1-18(14-8-3-2-4-9-14)11-15(19)17-13-7-5-6-12(16)10-13/h2-10H,11,16H2,1H3,(H,17,19). The highest BCUT2D eigenvalue weighted by Crippen LogP contribution is 2.13. The first kappa shape index (κ1) is 13.0. The molecule has 0 unspecified atom stereocenters. The van der Waals surface area contributed by atoms with Crippen molar-refractivity contribution in [3.63, 3.8) is 0 Å². The molecule has 0 atom stereocenters. The fourth-order valence-corrected chi connectivity index (χ4v) is 1.81. The number of benzene rings is 2. The number of hydrogen-bond donors (Lipinski definition) is 2. The first-order valence-corrected chi connectivity index (χ1v) is 6.07. The van der Waals surface area contributed by atoms with Crippen molar-refractivity contribution in [3.05, 3.63) is 54.6 Å². The van der Waals surface area contributed by atoms with Crippen LogP contribution < -0.4 is 16.0 Å². The van der Waals surface area contributed by atoms with E-state index in [4.69, 9.17) is 5.73 Å². The third-order valence-corrected chi connectivity index (χ3v) is 2.75. The number of amides is 1. The average Bonchev–Trinajstić information content (AvgIpc) is 2.39. The van der Waals surface area contributed by atoms with Crippen LogP contribution in [0.2, 0.25) is 0 Å². The Hall–Kier alpha value is -2.49. The maximum Gasteiger partial charge on any atom is 0.243 e. The van der Waals surface area contributed by atoms with Crippen LogP contribution in [0.15, 0.2) is 54.6 Å². The summed E-state index contributed by atoms with van der Waals surface area (Å²) >= 11 is 0. The number of likely N-dealkylation sites (N-methyl/N-ethyl adjacent to an activating group) is 1. The van der Waals surface area contributed by atoms with Gasteiger partial charge in [0.1, 0.15) is 0 Å². The fraction of sp³-hybridized carbons (Fsp3) is 0.133. The Bertz CT molecular complexity index is 554. The number of para-hydroxylation sites is 1. The van der Waals surface area contributed by atoms with Gasteiger partial charge in [-0.05, 0) is 30.3 Å². The molecule has 19 heavy (non-hydrogen) atoms. The minimum atomic E-state index is -0.0723. The van der Waals surface area contributed by atoms with Gasteiger partial charge >= 0.3 is 0 Å². The van der Waals surface area contributed by atoms with E-state index >= 15 is 0 Å². The van der Waals surface area contributed by atoms with Crippen LogP contribution in [-0.2, 0) is 4.79 Å². The Morgan fingerprint density at radius 1 is 1.16 bits per heavy atom. The van der Waals surface area contributed by atoms with Gasteiger partial charge in [-0.2, -0.15) is 0 Å². The van der Waals surface area contributed by atoms with Crippen molar-refractivity contribution in [2.24, 2.45) is 0 Å². The summed E-state index contributed by atoms with van der Waals surface area (Å²) in [4.78, 5) is 13.8. The van der Waals surface area contributed by atoms with Crippen LogP contribution in [0, 0.1) is 0 Å². The molecule has 4 heteroatoms. The lowest BCUT2D eigenvalue weighted by molar-refractivity contribution is -0.114. The zero-order valence-corrected chi connectivity index (χ0v) is 10.8. The molecule has 0 aliphatic heterocycles. The molecule has 0 aliphatic carbocycles. The van der Waals surface area contributed by atoms with Crippen LogP contribution in [0.1, 0.15) is 0 Å². The third kappa shape index (κ3) is 3.74. The van der Waals surface area contributed by atoms with Gasteiger partial charge in [-0.3, -0.25) is 4.79 Å². The van der Waals surface area contributed by atoms with Crippen LogP contribution in [0.25, 0.3) is 0 Å². The zero-order chi connectivity index (χ0) is 13.7. The lowest BCUT2D eigenvalue weighted by atomic mass is 10.2. The van der Waals surface area contributed by atoms with Gasteiger partial charge in [-0.25, -0.2) is 0 Å². The quantitative estimate of drug-likeness (QED) is 0.824. The summed E-state index contributed by atoms with van der Waals surface area (Å²) in [6.45, 7) is 0.290. The van der Waals surface area contributed by atoms with Gasteiger partial charge in [0, 0.05) is 24.1 Å². The van der Waals surface area contributed by atoms with E-state index in [-0.39, 0.29) is 5.91 Å². The molecule has 0 aromatic heterocycles. The smallest absolute Gasteiger partial charge is 0.243 e. The molecule has 2 aromatic carbocycles. The van der Waals surface area contributed by atoms with Crippen LogP contribution in [0.3, 0.4) is 0 Å². The van der Waals surface area contributed by atoms with Crippen LogP contribution >= 0.6 is 0 Å². The molecule has 0 saturated carbocycles. The van der Waals surface area contributed by atoms with Gasteiger partial charge in [0.25, 0.3) is 0 Å². The van der Waals surface area contributed by atoms with E-state index in [9.17, 15) is 4.79 Å². The Labute approximate surface area is 112 Å². The summed E-state index contributed by atoms with van der Waals surface area (Å²) in [6, 6.07) is 16.9. The Kier molecular flexibility index (Phi) is 4.03. The summed E-state index contributed by atoms with van der Waals surface area (Å²) in [7, 11) is 1.88. The Balaban J connectivity index is 1.95. The summed E-state index contributed by atoms with van der Waals surface area (Å²) < 4.78 is 0. The number of rotatable bonds is 4. The second-order valence-electron chi connectivity index (χ2n) is 4.37. The van der Waals surface area contributed by atoms with Crippen molar-refractivity contribution in [2.75, 3.05) is 29.5 Å². The largest absolute Gasteiger partial charge is 0.399 e. The topological polar surface area (TPSA) is 58.4 Å². The van der Waals surface area contributed by atoms with E-state index < -0.39 is 0 Å². The second-order valence-corrected chi connectivity index (χ2v) is 4.37. The van der Waals surface area contributed by atoms with Crippen molar-refractivity contribution in [1.29, 1.82) is 0 Å². The summed E-state index contributed by atoms with van der Waals surface area (Å²) in [5.74, 6) is -0.0723. The maximum atomic E-state index is 11.9. The van der Waals surface area contributed by atoms with Gasteiger partial charge in [-0.1, -0.05) is 24.3 Å².